The minimum Gasteiger partial charge on any atom is -0.458 e. The van der Waals surface area contributed by atoms with Gasteiger partial charge in [0.1, 0.15) is 73.1 Å². The summed E-state index contributed by atoms with van der Waals surface area (Å²) in [7, 11) is 9.79. The number of nitrogens with one attached hydrogen (secondary N) is 7. The summed E-state index contributed by atoms with van der Waals surface area (Å²) in [6, 6.07) is -12.2. The van der Waals surface area contributed by atoms with Crippen LogP contribution >= 0.6 is 0 Å². The Morgan fingerprint density at radius 1 is 0.570 bits per heavy atom. The lowest BCUT2D eigenvalue weighted by Crippen LogP contribution is -2.61. The van der Waals surface area contributed by atoms with Crippen molar-refractivity contribution in [2.75, 3.05) is 75.6 Å². The van der Waals surface area contributed by atoms with Crippen molar-refractivity contribution in [2.24, 2.45) is 47.3 Å². The average molecular weight is 1420 g/mol. The van der Waals surface area contributed by atoms with Crippen molar-refractivity contribution in [2.45, 2.75) is 249 Å². The molecule has 100 heavy (non-hydrogen) atoms. The number of amides is 13. The highest BCUT2D eigenvalue weighted by molar-refractivity contribution is 5.98. The van der Waals surface area contributed by atoms with Crippen molar-refractivity contribution in [3.63, 3.8) is 0 Å². The number of cyclic esters (lactones) is 1. The van der Waals surface area contributed by atoms with Gasteiger partial charge in [0.2, 0.25) is 76.8 Å². The van der Waals surface area contributed by atoms with Crippen LogP contribution < -0.4 is 37.2 Å². The van der Waals surface area contributed by atoms with Crippen molar-refractivity contribution in [1.29, 1.82) is 0 Å². The normalized spacial score (nSPS) is 24.8. The fraction of sp³-hybridized carbons (Fsp3) is 0.803. The Kier molecular flexibility index (Phi) is 39.3. The molecule has 0 aromatic heterocycles. The average Bonchev–Trinajstić information content (AvgIpc) is 0.830. The van der Waals surface area contributed by atoms with Gasteiger partial charge in [-0.15, -0.1) is 0 Å². The van der Waals surface area contributed by atoms with Crippen molar-refractivity contribution >= 4 is 82.8 Å². The second-order valence-corrected chi connectivity index (χ2v) is 29.3. The molecule has 0 spiro atoms. The third-order valence-corrected chi connectivity index (χ3v) is 18.9. The maximum absolute atomic E-state index is 15.1. The molecule has 0 saturated carbocycles. The molecular formula is C71H127N13O16. The lowest BCUT2D eigenvalue weighted by atomic mass is 9.94. The van der Waals surface area contributed by atoms with Crippen LogP contribution in [0, 0.1) is 47.3 Å². The predicted molar refractivity (Wildman–Crippen MR) is 379 cm³/mol. The minimum absolute atomic E-state index is 0.0632. The molecule has 7 N–H and O–H groups in total. The summed E-state index contributed by atoms with van der Waals surface area (Å²) in [5.74, 6) is -12.3. The molecular weight excluding hydrogens is 1290 g/mol. The van der Waals surface area contributed by atoms with Crippen LogP contribution in [0.15, 0.2) is 0 Å². The van der Waals surface area contributed by atoms with Crippen LogP contribution in [0.5, 0.6) is 0 Å². The molecule has 0 aromatic rings. The van der Waals surface area contributed by atoms with E-state index in [1.807, 2.05) is 55.4 Å². The zero-order valence-corrected chi connectivity index (χ0v) is 64.9. The number of nitrogens with zero attached hydrogens (tertiary/aromatic N) is 6. The molecule has 14 atom stereocenters. The number of methoxy groups -OCH3 is 1. The van der Waals surface area contributed by atoms with Crippen molar-refractivity contribution in [1.82, 2.24) is 66.6 Å². The first-order valence-electron chi connectivity index (χ1n) is 35.8. The van der Waals surface area contributed by atoms with Gasteiger partial charge in [0, 0.05) is 88.3 Å². The molecule has 29 heteroatoms. The molecule has 1 heterocycles. The summed E-state index contributed by atoms with van der Waals surface area (Å²) in [5, 5.41) is 19.3. The molecule has 0 radical (unpaired) electrons. The van der Waals surface area contributed by atoms with E-state index < -0.39 is 185 Å². The van der Waals surface area contributed by atoms with Crippen LogP contribution in [0.25, 0.3) is 0 Å². The van der Waals surface area contributed by atoms with Gasteiger partial charge in [-0.1, -0.05) is 130 Å². The van der Waals surface area contributed by atoms with Crippen LogP contribution in [0.2, 0.25) is 0 Å². The monoisotopic (exact) mass is 1420 g/mol. The van der Waals surface area contributed by atoms with Crippen molar-refractivity contribution < 1.29 is 76.6 Å². The highest BCUT2D eigenvalue weighted by Gasteiger charge is 2.44. The third-order valence-electron chi connectivity index (χ3n) is 18.9. The maximum atomic E-state index is 15.1. The summed E-state index contributed by atoms with van der Waals surface area (Å²) in [6.45, 7) is 30.5. The Balaban J connectivity index is 4.23. The quantitative estimate of drug-likeness (QED) is 0.0812. The fourth-order valence-corrected chi connectivity index (χ4v) is 12.0. The zero-order valence-electron chi connectivity index (χ0n) is 64.9. The van der Waals surface area contributed by atoms with Crippen LogP contribution in [0.3, 0.4) is 0 Å². The second kappa shape index (κ2) is 43.4. The Morgan fingerprint density at radius 3 is 1.49 bits per heavy atom. The number of carbonyl (C=O) groups excluding carboxylic acids is 14. The highest BCUT2D eigenvalue weighted by Crippen LogP contribution is 2.24. The Hall–Kier alpha value is -7.46. The molecule has 13 amide bonds. The summed E-state index contributed by atoms with van der Waals surface area (Å²) in [6.07, 6.45) is -0.949. The number of likely N-dealkylation sites (N-methyl/N-ethyl adjacent to an activating group) is 6. The molecule has 1 saturated heterocycles. The van der Waals surface area contributed by atoms with E-state index in [1.54, 1.807) is 55.4 Å². The number of carbonyl (C=O) groups is 14. The van der Waals surface area contributed by atoms with Crippen LogP contribution in [0.4, 0.5) is 0 Å². The minimum atomic E-state index is -1.71. The molecule has 572 valence electrons. The van der Waals surface area contributed by atoms with Gasteiger partial charge in [-0.2, -0.15) is 0 Å². The molecule has 1 aliphatic heterocycles. The van der Waals surface area contributed by atoms with Crippen molar-refractivity contribution in [3.8, 4) is 0 Å². The highest BCUT2D eigenvalue weighted by atomic mass is 16.5. The molecule has 0 bridgehead atoms. The molecule has 1 unspecified atom stereocenters. The zero-order chi connectivity index (χ0) is 77.1. The van der Waals surface area contributed by atoms with E-state index in [-0.39, 0.29) is 76.1 Å². The summed E-state index contributed by atoms with van der Waals surface area (Å²) >= 11 is 0. The summed E-state index contributed by atoms with van der Waals surface area (Å²) in [4.78, 5) is 207. The first kappa shape index (κ1) is 90.6. The lowest BCUT2D eigenvalue weighted by molar-refractivity contribution is -0.164. The van der Waals surface area contributed by atoms with Gasteiger partial charge in [-0.05, 0) is 80.5 Å². The van der Waals surface area contributed by atoms with E-state index >= 15 is 4.79 Å². The van der Waals surface area contributed by atoms with Crippen LogP contribution in [-0.2, 0) is 76.6 Å². The Morgan fingerprint density at radius 2 is 1.03 bits per heavy atom. The summed E-state index contributed by atoms with van der Waals surface area (Å²) < 4.78 is 11.1. The van der Waals surface area contributed by atoms with Gasteiger partial charge in [0.05, 0.1) is 0 Å². The van der Waals surface area contributed by atoms with E-state index in [9.17, 15) is 62.3 Å². The van der Waals surface area contributed by atoms with Gasteiger partial charge in [0.25, 0.3) is 0 Å². The van der Waals surface area contributed by atoms with E-state index in [4.69, 9.17) is 9.47 Å². The number of esters is 1. The fourth-order valence-electron chi connectivity index (χ4n) is 12.0. The van der Waals surface area contributed by atoms with Crippen molar-refractivity contribution in [3.05, 3.63) is 0 Å². The Bertz CT molecular complexity index is 2760. The molecule has 0 aromatic carbocycles. The van der Waals surface area contributed by atoms with Gasteiger partial charge in [-0.25, -0.2) is 4.79 Å². The van der Waals surface area contributed by atoms with Crippen LogP contribution in [-0.4, -0.2) is 254 Å². The molecule has 1 fully saturated rings. The molecule has 1 rings (SSSR count). The van der Waals surface area contributed by atoms with Gasteiger partial charge in [-0.3, -0.25) is 62.3 Å². The SMILES string of the molecule is CC[C@H](C)C1C(=O)NCCC(=O)N[C@H]([C@@H](C)CC)C(=O)N(C)[C@@H](C(C)C)C(=O)N(C)[C@@H](C)C(=O)NCCC(=O)N[C@H](CC(C)C)C(=O)N(C)[C@H]([C@@H](C)CC)C(=O)O[C@H](C)[C@H](NC(=O)[C@@H](CC(C)C)N(C)C(=O)[C@@H](NC(=O)COC)C(C)C)C(=O)N(C)CCC(=O)N[C@H](CC(C)C)C(=O)N1C. The molecule has 0 aliphatic carbocycles. The van der Waals surface area contributed by atoms with Gasteiger partial charge in [0.15, 0.2) is 0 Å². The third kappa shape index (κ3) is 27.5. The number of ether oxygens (including phenoxy) is 2. The van der Waals surface area contributed by atoms with E-state index in [0.717, 1.165) is 4.90 Å². The largest absolute Gasteiger partial charge is 0.458 e. The first-order valence-corrected chi connectivity index (χ1v) is 35.8. The number of hydrogen-bond acceptors (Lipinski definition) is 16. The van der Waals surface area contributed by atoms with Gasteiger partial charge < -0.3 is 76.1 Å². The standard InChI is InChI=1S/C71H127N13O16/c1-26-44(14)57-69(96)82(22)59(43(12)13)70(97)80(20)47(17)62(89)72-32-29-52(85)74-50(36-40(6)7)66(93)84(24)61(46(16)28-3)71(98)100-48(18)58(78-63(90)51(37-41(8)9)81(21)68(95)56(42(10)11)77-55(88)38-99-25)67(94)79(19)34-31-54(87)75-49(35-39(4)5)65(92)83(23)60(45(15)27-2)64(91)73-33-30-53(86)76-57/h39-51,56-61H,26-38H2,1-25H3,(H,72,89)(H,73,91)(H,74,85)(H,75,87)(H,76,86)(H,77,88)(H,78,90)/t44-,45-,46-,47-,48+,49+,50+,51+,56-,57+,58-,59-,60?,61+/m0/s1. The maximum Gasteiger partial charge on any atom is 0.329 e. The summed E-state index contributed by atoms with van der Waals surface area (Å²) in [5.41, 5.74) is 0. The number of rotatable bonds is 21. The Labute approximate surface area is 595 Å². The topological polar surface area (TPSA) is 361 Å². The van der Waals surface area contributed by atoms with Crippen LogP contribution in [0.1, 0.15) is 182 Å². The van der Waals surface area contributed by atoms with E-state index in [2.05, 4.69) is 37.2 Å². The van der Waals surface area contributed by atoms with Gasteiger partial charge >= 0.3 is 5.97 Å². The first-order chi connectivity index (χ1) is 46.5. The number of hydrogen-bond donors (Lipinski definition) is 7. The second-order valence-electron chi connectivity index (χ2n) is 29.3. The lowest BCUT2D eigenvalue weighted by Gasteiger charge is -2.37. The predicted octanol–water partition coefficient (Wildman–Crippen LogP) is 2.61. The van der Waals surface area contributed by atoms with E-state index in [1.165, 1.54) is 87.7 Å². The molecule has 29 nitrogen and oxygen atoms in total. The van der Waals surface area contributed by atoms with E-state index in [0.29, 0.717) is 19.3 Å². The molecule has 1 aliphatic rings. The smallest absolute Gasteiger partial charge is 0.329 e.